The first-order valence-corrected chi connectivity index (χ1v) is 8.68. The van der Waals surface area contributed by atoms with E-state index in [9.17, 15) is 8.42 Å². The standard InChI is InChI=1S/C12H26N2O2S/c1-3-8-14(9-10-17(2,15)16)11-12-4-6-13-7-5-12/h12-13H,3-11H2,1-2H3. The number of piperidine rings is 1. The van der Waals surface area contributed by atoms with E-state index in [4.69, 9.17) is 0 Å². The molecule has 0 atom stereocenters. The van der Waals surface area contributed by atoms with Crippen molar-refractivity contribution < 1.29 is 8.42 Å². The number of nitrogens with zero attached hydrogens (tertiary/aromatic N) is 1. The van der Waals surface area contributed by atoms with Crippen molar-refractivity contribution in [2.45, 2.75) is 26.2 Å². The molecule has 5 heteroatoms. The van der Waals surface area contributed by atoms with Gasteiger partial charge < -0.3 is 10.2 Å². The van der Waals surface area contributed by atoms with Crippen LogP contribution >= 0.6 is 0 Å². The molecule has 1 aliphatic heterocycles. The van der Waals surface area contributed by atoms with Crippen LogP contribution in [-0.2, 0) is 9.84 Å². The van der Waals surface area contributed by atoms with Crippen LogP contribution in [0.4, 0.5) is 0 Å². The van der Waals surface area contributed by atoms with E-state index in [-0.39, 0.29) is 5.75 Å². The van der Waals surface area contributed by atoms with Crippen molar-refractivity contribution >= 4 is 9.84 Å². The molecule has 1 fully saturated rings. The van der Waals surface area contributed by atoms with E-state index in [0.29, 0.717) is 6.54 Å². The van der Waals surface area contributed by atoms with Gasteiger partial charge in [-0.05, 0) is 44.8 Å². The van der Waals surface area contributed by atoms with E-state index in [1.807, 2.05) is 0 Å². The first-order valence-electron chi connectivity index (χ1n) is 6.62. The lowest BCUT2D eigenvalue weighted by molar-refractivity contribution is 0.214. The van der Waals surface area contributed by atoms with E-state index in [0.717, 1.165) is 38.5 Å². The van der Waals surface area contributed by atoms with Crippen LogP contribution in [-0.4, -0.2) is 58.1 Å². The summed E-state index contributed by atoms with van der Waals surface area (Å²) in [5.74, 6) is 1.03. The van der Waals surface area contributed by atoms with E-state index >= 15 is 0 Å². The van der Waals surface area contributed by atoms with Gasteiger partial charge in [0, 0.05) is 19.3 Å². The summed E-state index contributed by atoms with van der Waals surface area (Å²) in [5, 5.41) is 3.36. The first-order chi connectivity index (χ1) is 8.01. The van der Waals surface area contributed by atoms with Crippen molar-refractivity contribution in [3.05, 3.63) is 0 Å². The van der Waals surface area contributed by atoms with Crippen LogP contribution in [0.15, 0.2) is 0 Å². The highest BCUT2D eigenvalue weighted by Crippen LogP contribution is 2.13. The number of hydrogen-bond donors (Lipinski definition) is 1. The van der Waals surface area contributed by atoms with Crippen molar-refractivity contribution in [3.63, 3.8) is 0 Å². The van der Waals surface area contributed by atoms with Crippen molar-refractivity contribution in [2.75, 3.05) is 44.7 Å². The molecule has 0 aromatic heterocycles. The molecule has 0 unspecified atom stereocenters. The maximum Gasteiger partial charge on any atom is 0.148 e. The Balaban J connectivity index is 2.36. The molecule has 0 radical (unpaired) electrons. The monoisotopic (exact) mass is 262 g/mol. The summed E-state index contributed by atoms with van der Waals surface area (Å²) < 4.78 is 22.4. The molecule has 0 aromatic rings. The van der Waals surface area contributed by atoms with E-state index in [2.05, 4.69) is 17.1 Å². The fourth-order valence-electron chi connectivity index (χ4n) is 2.33. The fraction of sp³-hybridized carbons (Fsp3) is 1.00. The lowest BCUT2D eigenvalue weighted by Crippen LogP contribution is -2.38. The number of hydrogen-bond acceptors (Lipinski definition) is 4. The van der Waals surface area contributed by atoms with Gasteiger partial charge in [-0.1, -0.05) is 6.92 Å². The Labute approximate surface area is 106 Å². The van der Waals surface area contributed by atoms with Crippen LogP contribution < -0.4 is 5.32 Å². The molecule has 0 spiro atoms. The predicted molar refractivity (Wildman–Crippen MR) is 72.0 cm³/mol. The highest BCUT2D eigenvalue weighted by molar-refractivity contribution is 7.90. The normalized spacial score (nSPS) is 18.8. The molecule has 0 aliphatic carbocycles. The Kier molecular flexibility index (Phi) is 6.44. The minimum Gasteiger partial charge on any atom is -0.317 e. The lowest BCUT2D eigenvalue weighted by atomic mass is 9.97. The van der Waals surface area contributed by atoms with Crippen molar-refractivity contribution in [2.24, 2.45) is 5.92 Å². The summed E-state index contributed by atoms with van der Waals surface area (Å²) in [6.07, 6.45) is 4.86. The van der Waals surface area contributed by atoms with Gasteiger partial charge in [0.15, 0.2) is 0 Å². The van der Waals surface area contributed by atoms with Crippen LogP contribution in [0, 0.1) is 5.92 Å². The molecule has 0 amide bonds. The Morgan fingerprint density at radius 1 is 1.24 bits per heavy atom. The molecule has 1 rings (SSSR count). The molecule has 0 bridgehead atoms. The van der Waals surface area contributed by atoms with Gasteiger partial charge in [0.1, 0.15) is 9.84 Å². The third-order valence-electron chi connectivity index (χ3n) is 3.29. The molecular formula is C12H26N2O2S. The SMILES string of the molecule is CCCN(CCS(C)(=O)=O)CC1CCNCC1. The number of rotatable bonds is 7. The summed E-state index contributed by atoms with van der Waals surface area (Å²) >= 11 is 0. The van der Waals surface area contributed by atoms with Crippen LogP contribution in [0.2, 0.25) is 0 Å². The van der Waals surface area contributed by atoms with Crippen LogP contribution in [0.25, 0.3) is 0 Å². The second kappa shape index (κ2) is 7.34. The number of nitrogens with one attached hydrogen (secondary N) is 1. The first kappa shape index (κ1) is 14.9. The van der Waals surface area contributed by atoms with Gasteiger partial charge in [-0.2, -0.15) is 0 Å². The topological polar surface area (TPSA) is 49.4 Å². The quantitative estimate of drug-likeness (QED) is 0.735. The molecule has 17 heavy (non-hydrogen) atoms. The van der Waals surface area contributed by atoms with Crippen LogP contribution in [0.3, 0.4) is 0 Å². The molecule has 4 nitrogen and oxygen atoms in total. The van der Waals surface area contributed by atoms with Crippen molar-refractivity contribution in [1.82, 2.24) is 10.2 Å². The Bertz CT molecular complexity index is 298. The molecule has 102 valence electrons. The van der Waals surface area contributed by atoms with E-state index in [1.165, 1.54) is 19.1 Å². The highest BCUT2D eigenvalue weighted by atomic mass is 32.2. The third kappa shape index (κ3) is 7.01. The third-order valence-corrected chi connectivity index (χ3v) is 4.22. The zero-order valence-corrected chi connectivity index (χ0v) is 11.9. The largest absolute Gasteiger partial charge is 0.317 e. The molecule has 0 aromatic carbocycles. The summed E-state index contributed by atoms with van der Waals surface area (Å²) in [7, 11) is -2.83. The average Bonchev–Trinajstić information content (AvgIpc) is 2.27. The second-order valence-electron chi connectivity index (χ2n) is 5.12. The van der Waals surface area contributed by atoms with Crippen LogP contribution in [0.5, 0.6) is 0 Å². The predicted octanol–water partition coefficient (Wildman–Crippen LogP) is 0.743. The Morgan fingerprint density at radius 2 is 1.88 bits per heavy atom. The molecule has 1 aliphatic rings. The maximum atomic E-state index is 11.2. The van der Waals surface area contributed by atoms with E-state index in [1.54, 1.807) is 0 Å². The molecular weight excluding hydrogens is 236 g/mol. The summed E-state index contributed by atoms with van der Waals surface area (Å²) in [6, 6.07) is 0. The molecule has 0 saturated carbocycles. The minimum absolute atomic E-state index is 0.290. The summed E-state index contributed by atoms with van der Waals surface area (Å²) in [6.45, 7) is 7.13. The zero-order chi connectivity index (χ0) is 12.7. The molecule has 1 heterocycles. The van der Waals surface area contributed by atoms with Gasteiger partial charge in [-0.15, -0.1) is 0 Å². The highest BCUT2D eigenvalue weighted by Gasteiger charge is 2.17. The zero-order valence-electron chi connectivity index (χ0n) is 11.1. The average molecular weight is 262 g/mol. The summed E-state index contributed by atoms with van der Waals surface area (Å²) in [4.78, 5) is 2.32. The summed E-state index contributed by atoms with van der Waals surface area (Å²) in [5.41, 5.74) is 0. The Hall–Kier alpha value is -0.130. The second-order valence-corrected chi connectivity index (χ2v) is 7.38. The molecule has 1 saturated heterocycles. The maximum absolute atomic E-state index is 11.2. The Morgan fingerprint density at radius 3 is 2.41 bits per heavy atom. The van der Waals surface area contributed by atoms with Gasteiger partial charge >= 0.3 is 0 Å². The fourth-order valence-corrected chi connectivity index (χ4v) is 2.92. The van der Waals surface area contributed by atoms with Crippen molar-refractivity contribution in [3.8, 4) is 0 Å². The molecule has 1 N–H and O–H groups in total. The smallest absolute Gasteiger partial charge is 0.148 e. The van der Waals surface area contributed by atoms with Gasteiger partial charge in [-0.3, -0.25) is 0 Å². The van der Waals surface area contributed by atoms with Gasteiger partial charge in [0.25, 0.3) is 0 Å². The van der Waals surface area contributed by atoms with Crippen molar-refractivity contribution in [1.29, 1.82) is 0 Å². The lowest BCUT2D eigenvalue weighted by Gasteiger charge is -2.29. The van der Waals surface area contributed by atoms with Crippen LogP contribution in [0.1, 0.15) is 26.2 Å². The van der Waals surface area contributed by atoms with Gasteiger partial charge in [0.2, 0.25) is 0 Å². The van der Waals surface area contributed by atoms with E-state index < -0.39 is 9.84 Å². The minimum atomic E-state index is -2.83. The number of sulfone groups is 1. The van der Waals surface area contributed by atoms with Gasteiger partial charge in [-0.25, -0.2) is 8.42 Å². The van der Waals surface area contributed by atoms with Gasteiger partial charge in [0.05, 0.1) is 5.75 Å².